The molecular weight excluding hydrogens is 348 g/mol. The van der Waals surface area contributed by atoms with E-state index in [-0.39, 0.29) is 13.1 Å². The third-order valence-corrected chi connectivity index (χ3v) is 4.32. The second kappa shape index (κ2) is 6.72. The van der Waals surface area contributed by atoms with Crippen molar-refractivity contribution in [2.75, 3.05) is 0 Å². The third-order valence-electron chi connectivity index (χ3n) is 4.08. The first kappa shape index (κ1) is 17.2. The van der Waals surface area contributed by atoms with Crippen molar-refractivity contribution in [1.82, 2.24) is 19.7 Å². The van der Waals surface area contributed by atoms with Gasteiger partial charge < -0.3 is 19.3 Å². The summed E-state index contributed by atoms with van der Waals surface area (Å²) in [6.07, 6.45) is -0.865. The predicted molar refractivity (Wildman–Crippen MR) is 88.3 cm³/mol. The number of halogens is 1. The third kappa shape index (κ3) is 3.43. The van der Waals surface area contributed by atoms with E-state index in [2.05, 4.69) is 10.2 Å². The monoisotopic (exact) mass is 364 g/mol. The smallest absolute Gasteiger partial charge is 0.328 e. The summed E-state index contributed by atoms with van der Waals surface area (Å²) in [7, 11) is 0. The van der Waals surface area contributed by atoms with Crippen LogP contribution in [0.1, 0.15) is 18.6 Å². The molecule has 1 N–H and O–H groups in total. The summed E-state index contributed by atoms with van der Waals surface area (Å²) in [5, 5.41) is 18.0. The number of carboxylic acid groups (broad SMARTS) is 1. The van der Waals surface area contributed by atoms with Gasteiger partial charge in [-0.1, -0.05) is 17.7 Å². The van der Waals surface area contributed by atoms with Gasteiger partial charge in [0.2, 0.25) is 0 Å². The summed E-state index contributed by atoms with van der Waals surface area (Å²) in [6.45, 7) is 3.50. The molecule has 3 rings (SSSR count). The van der Waals surface area contributed by atoms with Crippen LogP contribution in [0.25, 0.3) is 0 Å². The maximum absolute atomic E-state index is 12.8. The highest BCUT2D eigenvalue weighted by Crippen LogP contribution is 2.22. The van der Waals surface area contributed by atoms with E-state index in [4.69, 9.17) is 16.3 Å². The second-order valence-electron chi connectivity index (χ2n) is 5.81. The lowest BCUT2D eigenvalue weighted by molar-refractivity contribution is -0.155. The molecule has 0 fully saturated rings. The number of fused-ring (bicyclic) bond motifs is 1. The highest BCUT2D eigenvalue weighted by Gasteiger charge is 2.38. The molecule has 0 aliphatic carbocycles. The van der Waals surface area contributed by atoms with E-state index in [1.54, 1.807) is 42.7 Å². The van der Waals surface area contributed by atoms with Gasteiger partial charge in [-0.05, 0) is 32.0 Å². The lowest BCUT2D eigenvalue weighted by Gasteiger charge is -2.34. The average Bonchev–Trinajstić information content (AvgIpc) is 2.93. The van der Waals surface area contributed by atoms with Crippen molar-refractivity contribution in [1.29, 1.82) is 0 Å². The Labute approximate surface area is 149 Å². The van der Waals surface area contributed by atoms with Crippen molar-refractivity contribution in [3.8, 4) is 5.75 Å². The molecule has 0 radical (unpaired) electrons. The van der Waals surface area contributed by atoms with Gasteiger partial charge in [0.05, 0.1) is 13.1 Å². The Bertz CT molecular complexity index is 822. The van der Waals surface area contributed by atoms with Crippen molar-refractivity contribution in [3.05, 3.63) is 40.9 Å². The van der Waals surface area contributed by atoms with Gasteiger partial charge in [0.15, 0.2) is 11.9 Å². The van der Waals surface area contributed by atoms with E-state index >= 15 is 0 Å². The molecule has 2 heterocycles. The maximum atomic E-state index is 12.8. The molecule has 1 aromatic carbocycles. The quantitative estimate of drug-likeness (QED) is 0.883. The Hall–Kier alpha value is -2.61. The fourth-order valence-corrected chi connectivity index (χ4v) is 2.96. The minimum absolute atomic E-state index is 0.0693. The van der Waals surface area contributed by atoms with E-state index in [1.165, 1.54) is 4.90 Å². The molecule has 2 atom stereocenters. The normalized spacial score (nSPS) is 17.7. The van der Waals surface area contributed by atoms with Crippen LogP contribution in [0.2, 0.25) is 5.02 Å². The molecule has 0 spiro atoms. The molecule has 0 bridgehead atoms. The summed E-state index contributed by atoms with van der Waals surface area (Å²) in [5.74, 6) is 0.104. The van der Waals surface area contributed by atoms with Gasteiger partial charge in [0.25, 0.3) is 5.91 Å². The number of nitrogens with zero attached hydrogens (tertiary/aromatic N) is 4. The zero-order valence-electron chi connectivity index (χ0n) is 13.7. The molecule has 132 valence electrons. The average molecular weight is 365 g/mol. The fourth-order valence-electron chi connectivity index (χ4n) is 2.78. The lowest BCUT2D eigenvalue weighted by Crippen LogP contribution is -2.54. The maximum Gasteiger partial charge on any atom is 0.328 e. The number of carbonyl (C=O) groups excluding carboxylic acids is 1. The standard InChI is InChI=1S/C16H17ClN4O4/c1-9(25-12-5-3-4-11(17)6-12)15(22)21-8-14-19-18-10(2)20(14)7-13(21)16(23)24/h3-6,9,13H,7-8H2,1-2H3,(H,23,24). The van der Waals surface area contributed by atoms with Gasteiger partial charge in [-0.2, -0.15) is 0 Å². The number of aromatic nitrogens is 3. The predicted octanol–water partition coefficient (Wildman–Crippen LogP) is 1.50. The van der Waals surface area contributed by atoms with Gasteiger partial charge >= 0.3 is 5.97 Å². The van der Waals surface area contributed by atoms with Gasteiger partial charge in [0.1, 0.15) is 17.6 Å². The van der Waals surface area contributed by atoms with Crippen LogP contribution in [-0.4, -0.2) is 48.8 Å². The Kier molecular flexibility index (Phi) is 4.63. The van der Waals surface area contributed by atoms with Gasteiger partial charge in [-0.25, -0.2) is 4.79 Å². The molecule has 1 amide bonds. The highest BCUT2D eigenvalue weighted by atomic mass is 35.5. The summed E-state index contributed by atoms with van der Waals surface area (Å²) >= 11 is 5.91. The summed E-state index contributed by atoms with van der Waals surface area (Å²) < 4.78 is 7.33. The molecular formula is C16H17ClN4O4. The van der Waals surface area contributed by atoms with Crippen molar-refractivity contribution in [2.24, 2.45) is 0 Å². The van der Waals surface area contributed by atoms with Crippen molar-refractivity contribution in [3.63, 3.8) is 0 Å². The van der Waals surface area contributed by atoms with Crippen LogP contribution < -0.4 is 4.74 Å². The van der Waals surface area contributed by atoms with E-state index in [0.717, 1.165) is 0 Å². The number of rotatable bonds is 4. The first-order chi connectivity index (χ1) is 11.9. The molecule has 25 heavy (non-hydrogen) atoms. The SMILES string of the molecule is Cc1nnc2n1CC(C(=O)O)N(C(=O)C(C)Oc1cccc(Cl)c1)C2. The molecule has 1 aromatic heterocycles. The number of carbonyl (C=O) groups is 2. The number of hydrogen-bond acceptors (Lipinski definition) is 5. The van der Waals surface area contributed by atoms with Crippen LogP contribution in [0.3, 0.4) is 0 Å². The first-order valence-electron chi connectivity index (χ1n) is 7.71. The molecule has 2 aromatic rings. The summed E-state index contributed by atoms with van der Waals surface area (Å²) in [5.41, 5.74) is 0. The number of carboxylic acids is 1. The molecule has 8 nitrogen and oxygen atoms in total. The largest absolute Gasteiger partial charge is 0.481 e. The topological polar surface area (TPSA) is 97.5 Å². The Balaban J connectivity index is 1.80. The Morgan fingerprint density at radius 1 is 1.40 bits per heavy atom. The number of aliphatic carboxylic acids is 1. The Morgan fingerprint density at radius 3 is 2.84 bits per heavy atom. The number of ether oxygens (including phenoxy) is 1. The van der Waals surface area contributed by atoms with E-state index < -0.39 is 24.0 Å². The zero-order chi connectivity index (χ0) is 18.1. The first-order valence-corrected chi connectivity index (χ1v) is 8.09. The molecule has 9 heteroatoms. The number of hydrogen-bond donors (Lipinski definition) is 1. The molecule has 2 unspecified atom stereocenters. The highest BCUT2D eigenvalue weighted by molar-refractivity contribution is 6.30. The fraction of sp³-hybridized carbons (Fsp3) is 0.375. The van der Waals surface area contributed by atoms with Gasteiger partial charge in [0, 0.05) is 5.02 Å². The van der Waals surface area contributed by atoms with E-state index in [0.29, 0.717) is 22.4 Å². The van der Waals surface area contributed by atoms with Gasteiger partial charge in [-0.15, -0.1) is 10.2 Å². The molecule has 1 aliphatic rings. The van der Waals surface area contributed by atoms with Crippen LogP contribution in [0.15, 0.2) is 24.3 Å². The second-order valence-corrected chi connectivity index (χ2v) is 6.25. The molecule has 0 saturated heterocycles. The Morgan fingerprint density at radius 2 is 2.16 bits per heavy atom. The molecule has 1 aliphatic heterocycles. The van der Waals surface area contributed by atoms with Crippen molar-refractivity contribution >= 4 is 23.5 Å². The van der Waals surface area contributed by atoms with E-state index in [9.17, 15) is 14.7 Å². The van der Waals surface area contributed by atoms with Crippen LogP contribution in [0.5, 0.6) is 5.75 Å². The van der Waals surface area contributed by atoms with Gasteiger partial charge in [-0.3, -0.25) is 4.79 Å². The molecule has 0 saturated carbocycles. The van der Waals surface area contributed by atoms with Crippen LogP contribution >= 0.6 is 11.6 Å². The summed E-state index contributed by atoms with van der Waals surface area (Å²) in [6, 6.07) is 5.68. The van der Waals surface area contributed by atoms with Crippen LogP contribution in [-0.2, 0) is 22.7 Å². The lowest BCUT2D eigenvalue weighted by atomic mass is 10.1. The van der Waals surface area contributed by atoms with Crippen LogP contribution in [0, 0.1) is 6.92 Å². The van der Waals surface area contributed by atoms with Crippen molar-refractivity contribution < 1.29 is 19.4 Å². The van der Waals surface area contributed by atoms with Crippen molar-refractivity contribution in [2.45, 2.75) is 39.1 Å². The summed E-state index contributed by atoms with van der Waals surface area (Å²) in [4.78, 5) is 25.7. The number of benzene rings is 1. The van der Waals surface area contributed by atoms with Crippen LogP contribution in [0.4, 0.5) is 0 Å². The minimum Gasteiger partial charge on any atom is -0.481 e. The minimum atomic E-state index is -1.08. The van der Waals surface area contributed by atoms with E-state index in [1.807, 2.05) is 0 Å². The number of amides is 1. The number of aryl methyl sites for hydroxylation is 1. The zero-order valence-corrected chi connectivity index (χ0v) is 14.5.